The van der Waals surface area contributed by atoms with E-state index in [0.717, 1.165) is 12.1 Å². The van der Waals surface area contributed by atoms with Crippen molar-refractivity contribution in [1.29, 1.82) is 0 Å². The van der Waals surface area contributed by atoms with Gasteiger partial charge in [-0.3, -0.25) is 0 Å². The van der Waals surface area contributed by atoms with Crippen molar-refractivity contribution in [3.63, 3.8) is 0 Å². The van der Waals surface area contributed by atoms with Crippen molar-refractivity contribution in [1.82, 2.24) is 4.31 Å². The van der Waals surface area contributed by atoms with E-state index in [4.69, 9.17) is 10.5 Å². The molecule has 7 heteroatoms. The van der Waals surface area contributed by atoms with Crippen LogP contribution in [0.3, 0.4) is 0 Å². The third kappa shape index (κ3) is 3.91. The van der Waals surface area contributed by atoms with Crippen molar-refractivity contribution in [2.45, 2.75) is 31.2 Å². The van der Waals surface area contributed by atoms with Crippen LogP contribution in [0.1, 0.15) is 20.3 Å². The molecule has 20 heavy (non-hydrogen) atoms. The Balaban J connectivity index is 3.21. The molecule has 2 N–H and O–H groups in total. The van der Waals surface area contributed by atoms with Crippen LogP contribution in [0.4, 0.5) is 10.1 Å². The number of halogens is 1. The molecule has 0 spiro atoms. The molecule has 1 atom stereocenters. The van der Waals surface area contributed by atoms with Crippen molar-refractivity contribution in [3.8, 4) is 0 Å². The molecule has 0 aliphatic rings. The molecule has 0 radical (unpaired) electrons. The van der Waals surface area contributed by atoms with E-state index in [-0.39, 0.29) is 29.8 Å². The molecular weight excluding hydrogens is 283 g/mol. The molecule has 0 bridgehead atoms. The van der Waals surface area contributed by atoms with Gasteiger partial charge in [-0.25, -0.2) is 12.8 Å². The SMILES string of the molecule is CCC(C)N(CCOC)S(=O)(=O)c1cc(N)cc(F)c1. The lowest BCUT2D eigenvalue weighted by molar-refractivity contribution is 0.167. The Hall–Kier alpha value is -1.18. The molecule has 0 aromatic heterocycles. The van der Waals surface area contributed by atoms with Crippen molar-refractivity contribution in [3.05, 3.63) is 24.0 Å². The van der Waals surface area contributed by atoms with Crippen LogP contribution >= 0.6 is 0 Å². The third-order valence-corrected chi connectivity index (χ3v) is 5.09. The number of benzene rings is 1. The molecule has 0 aliphatic heterocycles. The van der Waals surface area contributed by atoms with Crippen molar-refractivity contribution >= 4 is 15.7 Å². The highest BCUT2D eigenvalue weighted by Crippen LogP contribution is 2.22. The summed E-state index contributed by atoms with van der Waals surface area (Å²) in [5, 5.41) is 0. The number of hydrogen-bond acceptors (Lipinski definition) is 4. The Labute approximate surface area is 119 Å². The van der Waals surface area contributed by atoms with E-state index >= 15 is 0 Å². The summed E-state index contributed by atoms with van der Waals surface area (Å²) in [6, 6.07) is 3.12. The summed E-state index contributed by atoms with van der Waals surface area (Å²) in [6.07, 6.45) is 0.647. The van der Waals surface area contributed by atoms with Crippen LogP contribution < -0.4 is 5.73 Å². The number of hydrogen-bond donors (Lipinski definition) is 1. The molecule has 0 saturated carbocycles. The van der Waals surface area contributed by atoms with Gasteiger partial charge in [0.25, 0.3) is 0 Å². The van der Waals surface area contributed by atoms with Gasteiger partial charge in [0.05, 0.1) is 11.5 Å². The fraction of sp³-hybridized carbons (Fsp3) is 0.538. The Bertz CT molecular complexity index is 528. The van der Waals surface area contributed by atoms with E-state index in [9.17, 15) is 12.8 Å². The smallest absolute Gasteiger partial charge is 0.243 e. The highest BCUT2D eigenvalue weighted by atomic mass is 32.2. The van der Waals surface area contributed by atoms with Crippen LogP contribution in [0.2, 0.25) is 0 Å². The average Bonchev–Trinajstić information content (AvgIpc) is 2.37. The summed E-state index contributed by atoms with van der Waals surface area (Å²) in [6.45, 7) is 4.18. The van der Waals surface area contributed by atoms with Crippen LogP contribution in [0.25, 0.3) is 0 Å². The largest absolute Gasteiger partial charge is 0.399 e. The molecule has 1 aromatic rings. The topological polar surface area (TPSA) is 72.6 Å². The maximum Gasteiger partial charge on any atom is 0.243 e. The molecule has 0 aliphatic carbocycles. The summed E-state index contributed by atoms with van der Waals surface area (Å²) >= 11 is 0. The molecule has 0 heterocycles. The second-order valence-electron chi connectivity index (χ2n) is 4.59. The van der Waals surface area contributed by atoms with Gasteiger partial charge in [0, 0.05) is 25.4 Å². The summed E-state index contributed by atoms with van der Waals surface area (Å²) < 4.78 is 44.8. The lowest BCUT2D eigenvalue weighted by atomic mass is 10.3. The van der Waals surface area contributed by atoms with Gasteiger partial charge in [0.15, 0.2) is 0 Å². The number of ether oxygens (including phenoxy) is 1. The molecule has 0 saturated heterocycles. The highest BCUT2D eigenvalue weighted by Gasteiger charge is 2.28. The van der Waals surface area contributed by atoms with E-state index in [1.54, 1.807) is 6.92 Å². The van der Waals surface area contributed by atoms with E-state index in [2.05, 4.69) is 0 Å². The van der Waals surface area contributed by atoms with E-state index in [0.29, 0.717) is 6.42 Å². The minimum Gasteiger partial charge on any atom is -0.399 e. The Kier molecular flexibility index (Phi) is 5.91. The van der Waals surface area contributed by atoms with Crippen molar-refractivity contribution in [2.75, 3.05) is 26.0 Å². The summed E-state index contributed by atoms with van der Waals surface area (Å²) in [4.78, 5) is -0.133. The minimum atomic E-state index is -3.80. The Morgan fingerprint density at radius 1 is 1.40 bits per heavy atom. The quantitative estimate of drug-likeness (QED) is 0.780. The lowest BCUT2D eigenvalue weighted by Gasteiger charge is -2.27. The standard InChI is InChI=1S/C13H21FN2O3S/c1-4-10(2)16(5-6-19-3)20(17,18)13-8-11(14)7-12(15)9-13/h7-10H,4-6,15H2,1-3H3. The van der Waals surface area contributed by atoms with Crippen LogP contribution in [-0.4, -0.2) is 39.0 Å². The summed E-state index contributed by atoms with van der Waals surface area (Å²) in [7, 11) is -2.29. The van der Waals surface area contributed by atoms with Gasteiger partial charge >= 0.3 is 0 Å². The van der Waals surface area contributed by atoms with Crippen LogP contribution in [0.5, 0.6) is 0 Å². The maximum atomic E-state index is 13.4. The lowest BCUT2D eigenvalue weighted by Crippen LogP contribution is -2.40. The normalized spacial score (nSPS) is 13.7. The predicted octanol–water partition coefficient (Wildman–Crippen LogP) is 1.84. The first-order chi connectivity index (χ1) is 9.32. The van der Waals surface area contributed by atoms with Crippen molar-refractivity contribution in [2.24, 2.45) is 0 Å². The molecule has 0 amide bonds. The number of methoxy groups -OCH3 is 1. The third-order valence-electron chi connectivity index (χ3n) is 3.10. The monoisotopic (exact) mass is 304 g/mol. The molecule has 1 unspecified atom stereocenters. The average molecular weight is 304 g/mol. The number of nitrogens with two attached hydrogens (primary N) is 1. The number of rotatable bonds is 7. The van der Waals surface area contributed by atoms with Gasteiger partial charge in [-0.15, -0.1) is 0 Å². The van der Waals surface area contributed by atoms with Crippen molar-refractivity contribution < 1.29 is 17.5 Å². The molecule has 1 aromatic carbocycles. The van der Waals surface area contributed by atoms with E-state index in [1.165, 1.54) is 17.5 Å². The number of nitrogens with zero attached hydrogens (tertiary/aromatic N) is 1. The zero-order valence-electron chi connectivity index (χ0n) is 12.0. The van der Waals surface area contributed by atoms with E-state index < -0.39 is 15.8 Å². The maximum absolute atomic E-state index is 13.4. The van der Waals surface area contributed by atoms with Gasteiger partial charge in [-0.05, 0) is 31.5 Å². The van der Waals surface area contributed by atoms with Crippen LogP contribution in [-0.2, 0) is 14.8 Å². The fourth-order valence-corrected chi connectivity index (χ4v) is 3.59. The van der Waals surface area contributed by atoms with Gasteiger partial charge in [-0.1, -0.05) is 6.92 Å². The molecule has 0 fully saturated rings. The fourth-order valence-electron chi connectivity index (χ4n) is 1.83. The Morgan fingerprint density at radius 2 is 2.05 bits per heavy atom. The molecule has 114 valence electrons. The first-order valence-corrected chi connectivity index (χ1v) is 7.83. The van der Waals surface area contributed by atoms with E-state index in [1.807, 2.05) is 6.92 Å². The molecule has 1 rings (SSSR count). The summed E-state index contributed by atoms with van der Waals surface area (Å²) in [5.41, 5.74) is 5.60. The first-order valence-electron chi connectivity index (χ1n) is 6.39. The predicted molar refractivity (Wildman–Crippen MR) is 76.3 cm³/mol. The number of sulfonamides is 1. The first kappa shape index (κ1) is 16.9. The minimum absolute atomic E-state index is 0.0828. The number of anilines is 1. The second kappa shape index (κ2) is 7.01. The molecular formula is C13H21FN2O3S. The zero-order valence-corrected chi connectivity index (χ0v) is 12.8. The number of nitrogen functional groups attached to an aromatic ring is 1. The highest BCUT2D eigenvalue weighted by molar-refractivity contribution is 7.89. The van der Waals surface area contributed by atoms with Gasteiger partial charge < -0.3 is 10.5 Å². The summed E-state index contributed by atoms with van der Waals surface area (Å²) in [5.74, 6) is -0.667. The van der Waals surface area contributed by atoms with Gasteiger partial charge in [-0.2, -0.15) is 4.31 Å². The second-order valence-corrected chi connectivity index (χ2v) is 6.48. The van der Waals surface area contributed by atoms with Gasteiger partial charge in [0.1, 0.15) is 5.82 Å². The molecule has 5 nitrogen and oxygen atoms in total. The van der Waals surface area contributed by atoms with Gasteiger partial charge in [0.2, 0.25) is 10.0 Å². The Morgan fingerprint density at radius 3 is 2.55 bits per heavy atom. The zero-order chi connectivity index (χ0) is 15.3. The van der Waals surface area contributed by atoms with Crippen LogP contribution in [0.15, 0.2) is 23.1 Å². The van der Waals surface area contributed by atoms with Crippen LogP contribution in [0, 0.1) is 5.82 Å².